The molecule has 0 aliphatic carbocycles. The van der Waals surface area contributed by atoms with Crippen LogP contribution in [-0.2, 0) is 4.74 Å². The monoisotopic (exact) mass is 282 g/mol. The van der Waals surface area contributed by atoms with Crippen molar-refractivity contribution in [3.05, 3.63) is 29.6 Å². The molecule has 1 aliphatic heterocycles. The van der Waals surface area contributed by atoms with Gasteiger partial charge in [0.2, 0.25) is 0 Å². The van der Waals surface area contributed by atoms with Gasteiger partial charge in [-0.05, 0) is 52.8 Å². The van der Waals surface area contributed by atoms with E-state index < -0.39 is 11.7 Å². The highest BCUT2D eigenvalue weighted by molar-refractivity contribution is 5.36. The van der Waals surface area contributed by atoms with Crippen molar-refractivity contribution in [3.8, 4) is 5.75 Å². The fourth-order valence-corrected chi connectivity index (χ4v) is 2.80. The van der Waals surface area contributed by atoms with E-state index in [-0.39, 0.29) is 17.5 Å². The smallest absolute Gasteiger partial charge is 0.130 e. The number of ether oxygens (including phenoxy) is 2. The highest BCUT2D eigenvalue weighted by Crippen LogP contribution is 2.40. The van der Waals surface area contributed by atoms with Crippen molar-refractivity contribution in [2.75, 3.05) is 0 Å². The highest BCUT2D eigenvalue weighted by atomic mass is 19.1. The van der Waals surface area contributed by atoms with Crippen LogP contribution in [0, 0.1) is 5.82 Å². The third-order valence-corrected chi connectivity index (χ3v) is 3.68. The molecule has 3 nitrogen and oxygen atoms in total. The summed E-state index contributed by atoms with van der Waals surface area (Å²) in [5.41, 5.74) is -0.210. The molecule has 1 unspecified atom stereocenters. The van der Waals surface area contributed by atoms with Crippen molar-refractivity contribution in [3.63, 3.8) is 0 Å². The van der Waals surface area contributed by atoms with Crippen LogP contribution in [0.4, 0.5) is 4.39 Å². The predicted octanol–water partition coefficient (Wildman–Crippen LogP) is 3.60. The number of aliphatic hydroxyl groups is 1. The number of halogens is 1. The zero-order valence-corrected chi connectivity index (χ0v) is 12.7. The van der Waals surface area contributed by atoms with E-state index in [9.17, 15) is 9.50 Å². The molecule has 1 aromatic rings. The third kappa shape index (κ3) is 3.13. The minimum atomic E-state index is -0.779. The largest absolute Gasteiger partial charge is 0.487 e. The summed E-state index contributed by atoms with van der Waals surface area (Å²) < 4.78 is 25.3. The SMILES string of the molecule is C[C@@H](O)c1cc(F)ccc1OC1CC(C)(C)OC1(C)C. The molecule has 4 heteroatoms. The third-order valence-electron chi connectivity index (χ3n) is 3.68. The van der Waals surface area contributed by atoms with Crippen molar-refractivity contribution in [2.24, 2.45) is 0 Å². The van der Waals surface area contributed by atoms with Gasteiger partial charge in [0.05, 0.1) is 11.7 Å². The van der Waals surface area contributed by atoms with Crippen molar-refractivity contribution < 1.29 is 19.0 Å². The van der Waals surface area contributed by atoms with Gasteiger partial charge in [-0.15, -0.1) is 0 Å². The van der Waals surface area contributed by atoms with Crippen LogP contribution in [0.15, 0.2) is 18.2 Å². The Bertz CT molecular complexity index is 494. The Morgan fingerprint density at radius 2 is 2.00 bits per heavy atom. The van der Waals surface area contributed by atoms with Gasteiger partial charge >= 0.3 is 0 Å². The second-order valence-electron chi connectivity index (χ2n) is 6.63. The predicted molar refractivity (Wildman–Crippen MR) is 75.3 cm³/mol. The van der Waals surface area contributed by atoms with Gasteiger partial charge in [-0.1, -0.05) is 0 Å². The molecule has 2 atom stereocenters. The van der Waals surface area contributed by atoms with Crippen molar-refractivity contribution in [2.45, 2.75) is 64.4 Å². The summed E-state index contributed by atoms with van der Waals surface area (Å²) in [4.78, 5) is 0. The topological polar surface area (TPSA) is 38.7 Å². The molecule has 1 saturated heterocycles. The van der Waals surface area contributed by atoms with Crippen molar-refractivity contribution in [1.82, 2.24) is 0 Å². The molecule has 1 aliphatic rings. The van der Waals surface area contributed by atoms with Crippen LogP contribution in [0.3, 0.4) is 0 Å². The number of hydrogen-bond donors (Lipinski definition) is 1. The molecule has 20 heavy (non-hydrogen) atoms. The number of rotatable bonds is 3. The molecule has 1 N–H and O–H groups in total. The van der Waals surface area contributed by atoms with Crippen LogP contribution in [0.2, 0.25) is 0 Å². The van der Waals surface area contributed by atoms with E-state index in [0.717, 1.165) is 6.42 Å². The lowest BCUT2D eigenvalue weighted by Crippen LogP contribution is -2.37. The van der Waals surface area contributed by atoms with Gasteiger partial charge in [0.25, 0.3) is 0 Å². The summed E-state index contributed by atoms with van der Waals surface area (Å²) in [7, 11) is 0. The molecule has 0 amide bonds. The summed E-state index contributed by atoms with van der Waals surface area (Å²) >= 11 is 0. The molecule has 0 aromatic heterocycles. The summed E-state index contributed by atoms with van der Waals surface area (Å²) in [5, 5.41) is 9.76. The van der Waals surface area contributed by atoms with E-state index in [0.29, 0.717) is 11.3 Å². The van der Waals surface area contributed by atoms with E-state index in [1.54, 1.807) is 13.0 Å². The molecule has 0 radical (unpaired) electrons. The van der Waals surface area contributed by atoms with Crippen LogP contribution in [0.1, 0.15) is 52.7 Å². The van der Waals surface area contributed by atoms with Gasteiger partial charge in [-0.25, -0.2) is 4.39 Å². The van der Waals surface area contributed by atoms with Crippen LogP contribution in [0.25, 0.3) is 0 Å². The first-order valence-corrected chi connectivity index (χ1v) is 6.95. The molecule has 1 aromatic carbocycles. The Hall–Kier alpha value is -1.13. The zero-order chi connectivity index (χ0) is 15.1. The van der Waals surface area contributed by atoms with E-state index in [1.165, 1.54) is 12.1 Å². The quantitative estimate of drug-likeness (QED) is 0.920. The minimum Gasteiger partial charge on any atom is -0.487 e. The first-order valence-electron chi connectivity index (χ1n) is 6.95. The average molecular weight is 282 g/mol. The second kappa shape index (κ2) is 5.01. The molecule has 0 saturated carbocycles. The highest BCUT2D eigenvalue weighted by Gasteiger charge is 2.47. The number of benzene rings is 1. The Balaban J connectivity index is 2.27. The van der Waals surface area contributed by atoms with Crippen LogP contribution in [-0.4, -0.2) is 22.4 Å². The fraction of sp³-hybridized carbons (Fsp3) is 0.625. The minimum absolute atomic E-state index is 0.138. The van der Waals surface area contributed by atoms with Crippen molar-refractivity contribution in [1.29, 1.82) is 0 Å². The maximum Gasteiger partial charge on any atom is 0.130 e. The summed E-state index contributed by atoms with van der Waals surface area (Å²) in [6, 6.07) is 4.22. The molecular weight excluding hydrogens is 259 g/mol. The average Bonchev–Trinajstić information content (AvgIpc) is 2.48. The van der Waals surface area contributed by atoms with E-state index in [1.807, 2.05) is 27.7 Å². The Labute approximate surface area is 119 Å². The van der Waals surface area contributed by atoms with E-state index in [2.05, 4.69) is 0 Å². The normalized spacial score (nSPS) is 25.4. The van der Waals surface area contributed by atoms with Crippen LogP contribution >= 0.6 is 0 Å². The number of hydrogen-bond acceptors (Lipinski definition) is 3. The lowest BCUT2D eigenvalue weighted by Gasteiger charge is -2.28. The van der Waals surface area contributed by atoms with Crippen molar-refractivity contribution >= 4 is 0 Å². The zero-order valence-electron chi connectivity index (χ0n) is 12.7. The summed E-state index contributed by atoms with van der Waals surface area (Å²) in [5.74, 6) is 0.135. The molecule has 112 valence electrons. The first kappa shape index (κ1) is 15.3. The van der Waals surface area contributed by atoms with Gasteiger partial charge < -0.3 is 14.6 Å². The van der Waals surface area contributed by atoms with E-state index in [4.69, 9.17) is 9.47 Å². The van der Waals surface area contributed by atoms with Gasteiger partial charge in [0.15, 0.2) is 0 Å². The molecular formula is C16H23FO3. The fourth-order valence-electron chi connectivity index (χ4n) is 2.80. The van der Waals surface area contributed by atoms with Gasteiger partial charge in [-0.2, -0.15) is 0 Å². The van der Waals surface area contributed by atoms with Gasteiger partial charge in [-0.3, -0.25) is 0 Å². The standard InChI is InChI=1S/C16H23FO3/c1-10(18)12-8-11(17)6-7-13(12)19-14-9-15(2,3)20-16(14,4)5/h6-8,10,14,18H,9H2,1-5H3/t10-,14?/m1/s1. The molecule has 1 fully saturated rings. The first-order chi connectivity index (χ1) is 9.11. The summed E-state index contributed by atoms with van der Waals surface area (Å²) in [6.07, 6.45) is -0.170. The number of aliphatic hydroxyl groups excluding tert-OH is 1. The Kier molecular flexibility index (Phi) is 3.82. The Morgan fingerprint density at radius 3 is 2.50 bits per heavy atom. The Morgan fingerprint density at radius 1 is 1.35 bits per heavy atom. The van der Waals surface area contributed by atoms with Crippen LogP contribution in [0.5, 0.6) is 5.75 Å². The lowest BCUT2D eigenvalue weighted by molar-refractivity contribution is -0.0848. The molecule has 2 rings (SSSR count). The van der Waals surface area contributed by atoms with Gasteiger partial charge in [0.1, 0.15) is 23.3 Å². The summed E-state index contributed by atoms with van der Waals surface area (Å²) in [6.45, 7) is 9.62. The molecule has 0 bridgehead atoms. The molecule has 0 spiro atoms. The van der Waals surface area contributed by atoms with Crippen LogP contribution < -0.4 is 4.74 Å². The maximum atomic E-state index is 13.3. The second-order valence-corrected chi connectivity index (χ2v) is 6.63. The lowest BCUT2D eigenvalue weighted by atomic mass is 9.97. The van der Waals surface area contributed by atoms with Gasteiger partial charge in [0, 0.05) is 12.0 Å². The molecule has 1 heterocycles. The van der Waals surface area contributed by atoms with E-state index >= 15 is 0 Å². The maximum absolute atomic E-state index is 13.3.